The number of hydrogen-bond acceptors (Lipinski definition) is 8. The Morgan fingerprint density at radius 2 is 1.74 bits per heavy atom. The molecule has 2 amide bonds. The molecule has 0 radical (unpaired) electrons. The Kier molecular flexibility index (Phi) is 10.1. The van der Waals surface area contributed by atoms with Gasteiger partial charge in [0.15, 0.2) is 11.5 Å². The molecule has 3 rings (SSSR count). The molecule has 2 aromatic heterocycles. The number of nitrogens with one attached hydrogen (secondary N) is 2. The summed E-state index contributed by atoms with van der Waals surface area (Å²) in [5.74, 6) is 0.163. The summed E-state index contributed by atoms with van der Waals surface area (Å²) >= 11 is 6.47. The zero-order chi connectivity index (χ0) is 28.6. The molecule has 11 nitrogen and oxygen atoms in total. The van der Waals surface area contributed by atoms with Gasteiger partial charge in [-0.25, -0.2) is 9.20 Å². The Labute approximate surface area is 233 Å². The minimum Gasteiger partial charge on any atom is -0.475 e. The normalized spacial score (nSPS) is 12.7. The molecule has 0 aliphatic carbocycles. The number of methoxy groups -OCH3 is 1. The van der Waals surface area contributed by atoms with Crippen LogP contribution in [0.15, 0.2) is 42.5 Å². The summed E-state index contributed by atoms with van der Waals surface area (Å²) in [6.07, 6.45) is -0.715. The van der Waals surface area contributed by atoms with Crippen LogP contribution in [0.2, 0.25) is 5.02 Å². The minimum absolute atomic E-state index is 0.0496. The lowest BCUT2D eigenvalue weighted by atomic mass is 10.0. The maximum atomic E-state index is 13.4. The third kappa shape index (κ3) is 8.54. The van der Waals surface area contributed by atoms with E-state index in [1.165, 1.54) is 0 Å². The predicted molar refractivity (Wildman–Crippen MR) is 146 cm³/mol. The maximum Gasteiger partial charge on any atom is 0.408 e. The molecule has 0 aliphatic heterocycles. The van der Waals surface area contributed by atoms with Crippen molar-refractivity contribution in [3.63, 3.8) is 0 Å². The first-order valence-electron chi connectivity index (χ1n) is 12.5. The minimum atomic E-state index is -1.32. The van der Waals surface area contributed by atoms with E-state index in [9.17, 15) is 9.59 Å². The van der Waals surface area contributed by atoms with Gasteiger partial charge < -0.3 is 29.6 Å². The van der Waals surface area contributed by atoms with Crippen LogP contribution in [0, 0.1) is 0 Å². The molecular formula is C27H36ClN5O6. The van der Waals surface area contributed by atoms with Gasteiger partial charge >= 0.3 is 6.09 Å². The Bertz CT molecular complexity index is 1260. The molecule has 0 spiro atoms. The third-order valence-corrected chi connectivity index (χ3v) is 5.71. The summed E-state index contributed by atoms with van der Waals surface area (Å²) in [7, 11) is 1.57. The first-order chi connectivity index (χ1) is 18.4. The van der Waals surface area contributed by atoms with Crippen molar-refractivity contribution in [2.24, 2.45) is 0 Å². The fourth-order valence-electron chi connectivity index (χ4n) is 3.54. The Morgan fingerprint density at radius 3 is 2.41 bits per heavy atom. The fraction of sp³-hybridized carbons (Fsp3) is 0.481. The topological polar surface area (TPSA) is 125 Å². The van der Waals surface area contributed by atoms with E-state index in [0.717, 1.165) is 5.56 Å². The van der Waals surface area contributed by atoms with Crippen LogP contribution in [0.4, 0.5) is 4.79 Å². The highest BCUT2D eigenvalue weighted by Crippen LogP contribution is 2.29. The molecule has 39 heavy (non-hydrogen) atoms. The van der Waals surface area contributed by atoms with E-state index in [4.69, 9.17) is 30.5 Å². The molecule has 0 unspecified atom stereocenters. The molecule has 0 bridgehead atoms. The number of halogens is 1. The molecule has 1 atom stereocenters. The summed E-state index contributed by atoms with van der Waals surface area (Å²) in [4.78, 5) is 25.8. The van der Waals surface area contributed by atoms with Gasteiger partial charge in [0.25, 0.3) is 0 Å². The predicted octanol–water partition coefficient (Wildman–Crippen LogP) is 4.09. The highest BCUT2D eigenvalue weighted by atomic mass is 35.5. The SMILES string of the molecule is COCCOc1c(Cl)ccc2nnc([C@@H](COCc3ccccc3)NC(=O)C(C)(C)NC(=O)OC(C)(C)C)n12. The van der Waals surface area contributed by atoms with Crippen molar-refractivity contribution >= 4 is 29.2 Å². The maximum absolute atomic E-state index is 13.4. The highest BCUT2D eigenvalue weighted by molar-refractivity contribution is 6.31. The molecule has 0 aliphatic rings. The molecule has 12 heteroatoms. The van der Waals surface area contributed by atoms with Crippen LogP contribution in [0.25, 0.3) is 5.65 Å². The van der Waals surface area contributed by atoms with E-state index in [0.29, 0.717) is 35.6 Å². The average Bonchev–Trinajstić information content (AvgIpc) is 3.28. The van der Waals surface area contributed by atoms with Crippen molar-refractivity contribution in [3.05, 3.63) is 58.9 Å². The number of amides is 2. The molecule has 3 aromatic rings. The van der Waals surface area contributed by atoms with Crippen molar-refractivity contribution in [3.8, 4) is 5.88 Å². The second kappa shape index (κ2) is 13.1. The van der Waals surface area contributed by atoms with Crippen LogP contribution >= 0.6 is 11.6 Å². The summed E-state index contributed by atoms with van der Waals surface area (Å²) in [6, 6.07) is 12.2. The lowest BCUT2D eigenvalue weighted by molar-refractivity contribution is -0.127. The van der Waals surface area contributed by atoms with Crippen LogP contribution in [0.1, 0.15) is 52.0 Å². The number of benzene rings is 1. The molecule has 0 fully saturated rings. The van der Waals surface area contributed by atoms with E-state index in [1.807, 2.05) is 30.3 Å². The van der Waals surface area contributed by atoms with Crippen LogP contribution in [-0.4, -0.2) is 64.7 Å². The number of rotatable bonds is 12. The fourth-order valence-corrected chi connectivity index (χ4v) is 3.74. The lowest BCUT2D eigenvalue weighted by Crippen LogP contribution is -2.56. The van der Waals surface area contributed by atoms with Gasteiger partial charge in [-0.2, -0.15) is 0 Å². The van der Waals surface area contributed by atoms with E-state index >= 15 is 0 Å². The smallest absolute Gasteiger partial charge is 0.408 e. The number of ether oxygens (including phenoxy) is 4. The number of alkyl carbamates (subject to hydrolysis) is 1. The number of aromatic nitrogens is 3. The average molecular weight is 562 g/mol. The molecule has 2 heterocycles. The van der Waals surface area contributed by atoms with Crippen molar-refractivity contribution in [2.45, 2.75) is 58.4 Å². The number of carbonyl (C=O) groups excluding carboxylic acids is 2. The van der Waals surface area contributed by atoms with Gasteiger partial charge in [-0.3, -0.25) is 4.79 Å². The summed E-state index contributed by atoms with van der Waals surface area (Å²) in [6.45, 7) is 9.32. The zero-order valence-electron chi connectivity index (χ0n) is 23.1. The molecule has 0 saturated heterocycles. The molecule has 212 valence electrons. The first-order valence-corrected chi connectivity index (χ1v) is 12.9. The number of nitrogens with zero attached hydrogens (tertiary/aromatic N) is 3. The van der Waals surface area contributed by atoms with E-state index < -0.39 is 29.2 Å². The van der Waals surface area contributed by atoms with Crippen LogP contribution in [0.5, 0.6) is 5.88 Å². The van der Waals surface area contributed by atoms with E-state index in [1.54, 1.807) is 58.3 Å². The van der Waals surface area contributed by atoms with Gasteiger partial charge in [0, 0.05) is 7.11 Å². The third-order valence-electron chi connectivity index (χ3n) is 5.42. The number of pyridine rings is 1. The Hall–Kier alpha value is -3.41. The van der Waals surface area contributed by atoms with Crippen molar-refractivity contribution < 1.29 is 28.5 Å². The van der Waals surface area contributed by atoms with Crippen LogP contribution in [-0.2, 0) is 25.6 Å². The van der Waals surface area contributed by atoms with Gasteiger partial charge in [-0.05, 0) is 52.3 Å². The second-order valence-electron chi connectivity index (χ2n) is 10.4. The van der Waals surface area contributed by atoms with Gasteiger partial charge in [0.05, 0.1) is 19.8 Å². The van der Waals surface area contributed by atoms with Gasteiger partial charge in [0.2, 0.25) is 11.8 Å². The molecule has 2 N–H and O–H groups in total. The van der Waals surface area contributed by atoms with Crippen LogP contribution < -0.4 is 15.4 Å². The summed E-state index contributed by atoms with van der Waals surface area (Å²) in [5.41, 5.74) is -0.609. The monoisotopic (exact) mass is 561 g/mol. The van der Waals surface area contributed by atoms with Crippen LogP contribution in [0.3, 0.4) is 0 Å². The zero-order valence-corrected chi connectivity index (χ0v) is 23.9. The van der Waals surface area contributed by atoms with Gasteiger partial charge in [-0.1, -0.05) is 41.9 Å². The van der Waals surface area contributed by atoms with E-state index in [2.05, 4.69) is 20.8 Å². The number of hydrogen-bond donors (Lipinski definition) is 2. The molecule has 1 aromatic carbocycles. The standard InChI is InChI=1S/C27H36ClN5O6/c1-26(2,3)39-25(35)30-27(4,5)24(34)29-20(17-37-16-18-10-8-7-9-11-18)22-32-31-21-13-12-19(28)23(33(21)22)38-15-14-36-6/h7-13,20H,14-17H2,1-6H3,(H,29,34)(H,30,35)/t20-/m1/s1. The molecular weight excluding hydrogens is 526 g/mol. The van der Waals surface area contributed by atoms with Crippen molar-refractivity contribution in [2.75, 3.05) is 26.9 Å². The van der Waals surface area contributed by atoms with Gasteiger partial charge in [0.1, 0.15) is 28.8 Å². The second-order valence-corrected chi connectivity index (χ2v) is 10.8. The van der Waals surface area contributed by atoms with E-state index in [-0.39, 0.29) is 13.2 Å². The quantitative estimate of drug-likeness (QED) is 0.317. The number of carbonyl (C=O) groups is 2. The summed E-state index contributed by atoms with van der Waals surface area (Å²) < 4.78 is 23.9. The highest BCUT2D eigenvalue weighted by Gasteiger charge is 2.34. The van der Waals surface area contributed by atoms with Crippen molar-refractivity contribution in [1.29, 1.82) is 0 Å². The first kappa shape index (κ1) is 30.1. The van der Waals surface area contributed by atoms with Gasteiger partial charge in [-0.15, -0.1) is 10.2 Å². The Balaban J connectivity index is 1.90. The summed E-state index contributed by atoms with van der Waals surface area (Å²) in [5, 5.41) is 14.5. The number of fused-ring (bicyclic) bond motifs is 1. The Morgan fingerprint density at radius 1 is 1.03 bits per heavy atom. The largest absolute Gasteiger partial charge is 0.475 e. The lowest BCUT2D eigenvalue weighted by Gasteiger charge is -2.29. The molecule has 0 saturated carbocycles. The van der Waals surface area contributed by atoms with Crippen molar-refractivity contribution in [1.82, 2.24) is 25.2 Å².